The van der Waals surface area contributed by atoms with Crippen LogP contribution in [0.25, 0.3) is 27.8 Å². The standard InChI is InChI=1S/C28H28FN5O/c1-17(2)27-19(4)34(24-13-14-26(29)30-18(24)3)32-28(27)21-11-8-12-23-22(21)15-33(31-23)16-25(35)20-9-6-5-7-10-20/h5-15,17,25,35H,16H2,1-4H3. The van der Waals surface area contributed by atoms with Crippen molar-refractivity contribution in [3.05, 3.63) is 95.3 Å². The van der Waals surface area contributed by atoms with Gasteiger partial charge in [0.05, 0.1) is 35.2 Å². The topological polar surface area (TPSA) is 68.8 Å². The van der Waals surface area contributed by atoms with Crippen LogP contribution in [0.5, 0.6) is 0 Å². The van der Waals surface area contributed by atoms with Crippen LogP contribution in [0.15, 0.2) is 66.9 Å². The first kappa shape index (κ1) is 22.9. The van der Waals surface area contributed by atoms with Crippen molar-refractivity contribution in [2.45, 2.75) is 46.3 Å². The molecule has 1 atom stereocenters. The molecule has 2 aromatic carbocycles. The van der Waals surface area contributed by atoms with Crippen LogP contribution < -0.4 is 0 Å². The van der Waals surface area contributed by atoms with Crippen LogP contribution in [0.2, 0.25) is 0 Å². The first-order valence-corrected chi connectivity index (χ1v) is 11.8. The highest BCUT2D eigenvalue weighted by molar-refractivity contribution is 5.94. The Morgan fingerprint density at radius 3 is 2.43 bits per heavy atom. The molecule has 0 saturated carbocycles. The van der Waals surface area contributed by atoms with Gasteiger partial charge < -0.3 is 5.11 Å². The van der Waals surface area contributed by atoms with E-state index in [0.29, 0.717) is 12.2 Å². The van der Waals surface area contributed by atoms with Gasteiger partial charge in [0.2, 0.25) is 5.95 Å². The number of hydrogen-bond donors (Lipinski definition) is 1. The predicted molar refractivity (Wildman–Crippen MR) is 135 cm³/mol. The quantitative estimate of drug-likeness (QED) is 0.315. The second kappa shape index (κ2) is 9.07. The highest BCUT2D eigenvalue weighted by atomic mass is 19.1. The first-order valence-electron chi connectivity index (χ1n) is 11.8. The van der Waals surface area contributed by atoms with Gasteiger partial charge >= 0.3 is 0 Å². The van der Waals surface area contributed by atoms with Gasteiger partial charge in [0.15, 0.2) is 0 Å². The fourth-order valence-electron chi connectivity index (χ4n) is 4.74. The minimum Gasteiger partial charge on any atom is -0.386 e. The van der Waals surface area contributed by atoms with Gasteiger partial charge in [-0.25, -0.2) is 9.67 Å². The molecule has 0 bridgehead atoms. The summed E-state index contributed by atoms with van der Waals surface area (Å²) in [5, 5.41) is 21.4. The van der Waals surface area contributed by atoms with Gasteiger partial charge in [-0.2, -0.15) is 14.6 Å². The summed E-state index contributed by atoms with van der Waals surface area (Å²) in [5.74, 6) is -0.284. The molecule has 7 heteroatoms. The maximum absolute atomic E-state index is 13.6. The van der Waals surface area contributed by atoms with E-state index in [-0.39, 0.29) is 5.92 Å². The number of nitrogens with zero attached hydrogens (tertiary/aromatic N) is 5. The van der Waals surface area contributed by atoms with Crippen LogP contribution in [0.1, 0.15) is 48.4 Å². The number of hydrogen-bond acceptors (Lipinski definition) is 4. The van der Waals surface area contributed by atoms with E-state index in [4.69, 9.17) is 10.2 Å². The molecule has 5 aromatic rings. The van der Waals surface area contributed by atoms with Gasteiger partial charge in [0.1, 0.15) is 0 Å². The lowest BCUT2D eigenvalue weighted by Crippen LogP contribution is -2.08. The molecule has 0 amide bonds. The first-order chi connectivity index (χ1) is 16.8. The average molecular weight is 470 g/mol. The second-order valence-corrected chi connectivity index (χ2v) is 9.17. The minimum atomic E-state index is -0.657. The van der Waals surface area contributed by atoms with E-state index in [1.54, 1.807) is 17.7 Å². The second-order valence-electron chi connectivity index (χ2n) is 9.17. The van der Waals surface area contributed by atoms with E-state index in [1.807, 2.05) is 60.3 Å². The number of pyridine rings is 1. The van der Waals surface area contributed by atoms with E-state index in [2.05, 4.69) is 24.9 Å². The highest BCUT2D eigenvalue weighted by Crippen LogP contribution is 2.36. The number of rotatable bonds is 6. The van der Waals surface area contributed by atoms with E-state index >= 15 is 0 Å². The maximum atomic E-state index is 13.6. The van der Waals surface area contributed by atoms with E-state index < -0.39 is 12.1 Å². The fraction of sp³-hybridized carbons (Fsp3) is 0.250. The third-order valence-electron chi connectivity index (χ3n) is 6.39. The van der Waals surface area contributed by atoms with Gasteiger partial charge in [-0.05, 0) is 43.5 Å². The summed E-state index contributed by atoms with van der Waals surface area (Å²) < 4.78 is 17.3. The lowest BCUT2D eigenvalue weighted by molar-refractivity contribution is 0.152. The molecule has 0 saturated heterocycles. The number of aromatic nitrogens is 5. The Morgan fingerprint density at radius 2 is 1.71 bits per heavy atom. The number of halogens is 1. The summed E-state index contributed by atoms with van der Waals surface area (Å²) in [4.78, 5) is 3.99. The molecule has 5 rings (SSSR count). The fourth-order valence-corrected chi connectivity index (χ4v) is 4.74. The van der Waals surface area contributed by atoms with Crippen molar-refractivity contribution >= 4 is 10.9 Å². The summed E-state index contributed by atoms with van der Waals surface area (Å²) in [6.45, 7) is 8.47. The van der Waals surface area contributed by atoms with Crippen LogP contribution in [0.4, 0.5) is 4.39 Å². The van der Waals surface area contributed by atoms with Crippen molar-refractivity contribution in [3.63, 3.8) is 0 Å². The summed E-state index contributed by atoms with van der Waals surface area (Å²) in [6, 6.07) is 18.7. The number of aliphatic hydroxyl groups excluding tert-OH is 1. The molecule has 35 heavy (non-hydrogen) atoms. The van der Waals surface area contributed by atoms with Crippen molar-refractivity contribution in [2.75, 3.05) is 0 Å². The van der Waals surface area contributed by atoms with Crippen molar-refractivity contribution in [1.29, 1.82) is 0 Å². The molecule has 0 aliphatic carbocycles. The van der Waals surface area contributed by atoms with Crippen LogP contribution in [0.3, 0.4) is 0 Å². The number of fused-ring (bicyclic) bond motifs is 1. The Hall–Kier alpha value is -3.84. The molecule has 0 aliphatic heterocycles. The average Bonchev–Trinajstić information content (AvgIpc) is 3.40. The summed E-state index contributed by atoms with van der Waals surface area (Å²) >= 11 is 0. The van der Waals surface area contributed by atoms with Crippen LogP contribution >= 0.6 is 0 Å². The lowest BCUT2D eigenvalue weighted by atomic mass is 9.95. The van der Waals surface area contributed by atoms with Gasteiger partial charge in [0, 0.05) is 28.4 Å². The SMILES string of the molecule is Cc1nc(F)ccc1-n1nc(-c2cccc3nn(CC(O)c4ccccc4)cc23)c(C(C)C)c1C. The number of aryl methyl sites for hydroxylation is 1. The van der Waals surface area contributed by atoms with Crippen LogP contribution in [-0.4, -0.2) is 29.7 Å². The molecule has 1 N–H and O–H groups in total. The Bertz CT molecular complexity index is 1500. The van der Waals surface area contributed by atoms with Crippen molar-refractivity contribution in [3.8, 4) is 16.9 Å². The Morgan fingerprint density at radius 1 is 0.943 bits per heavy atom. The Balaban J connectivity index is 1.61. The van der Waals surface area contributed by atoms with Crippen LogP contribution in [-0.2, 0) is 6.54 Å². The highest BCUT2D eigenvalue weighted by Gasteiger charge is 2.23. The smallest absolute Gasteiger partial charge is 0.213 e. The molecular weight excluding hydrogens is 441 g/mol. The lowest BCUT2D eigenvalue weighted by Gasteiger charge is -2.10. The molecule has 1 unspecified atom stereocenters. The Labute approximate surface area is 203 Å². The zero-order valence-electron chi connectivity index (χ0n) is 20.3. The number of benzene rings is 2. The van der Waals surface area contributed by atoms with E-state index in [1.165, 1.54) is 6.07 Å². The Kier molecular flexibility index (Phi) is 5.94. The largest absolute Gasteiger partial charge is 0.386 e. The summed E-state index contributed by atoms with van der Waals surface area (Å²) in [6.07, 6.45) is 1.32. The molecule has 3 aromatic heterocycles. The molecule has 0 aliphatic rings. The maximum Gasteiger partial charge on any atom is 0.213 e. The molecule has 6 nitrogen and oxygen atoms in total. The third kappa shape index (κ3) is 4.23. The van der Waals surface area contributed by atoms with Gasteiger partial charge in [-0.3, -0.25) is 4.68 Å². The van der Waals surface area contributed by atoms with E-state index in [0.717, 1.165) is 44.7 Å². The third-order valence-corrected chi connectivity index (χ3v) is 6.39. The van der Waals surface area contributed by atoms with Crippen molar-refractivity contribution < 1.29 is 9.50 Å². The van der Waals surface area contributed by atoms with Gasteiger partial charge in [-0.15, -0.1) is 0 Å². The van der Waals surface area contributed by atoms with Gasteiger partial charge in [-0.1, -0.05) is 56.3 Å². The van der Waals surface area contributed by atoms with Gasteiger partial charge in [0.25, 0.3) is 0 Å². The molecule has 178 valence electrons. The molecular formula is C28H28FN5O. The normalized spacial score (nSPS) is 12.5. The van der Waals surface area contributed by atoms with Crippen LogP contribution in [0, 0.1) is 19.8 Å². The minimum absolute atomic E-state index is 0.220. The molecule has 0 radical (unpaired) electrons. The summed E-state index contributed by atoms with van der Waals surface area (Å²) in [5.41, 5.74) is 6.99. The monoisotopic (exact) mass is 469 g/mol. The molecule has 3 heterocycles. The molecule has 0 fully saturated rings. The zero-order chi connectivity index (χ0) is 24.7. The number of aliphatic hydroxyl groups is 1. The summed E-state index contributed by atoms with van der Waals surface area (Å²) in [7, 11) is 0. The predicted octanol–water partition coefficient (Wildman–Crippen LogP) is 5.90. The molecule has 0 spiro atoms. The van der Waals surface area contributed by atoms with E-state index in [9.17, 15) is 9.50 Å². The zero-order valence-corrected chi connectivity index (χ0v) is 20.3. The van der Waals surface area contributed by atoms with Crippen molar-refractivity contribution in [2.24, 2.45) is 0 Å². The van der Waals surface area contributed by atoms with Crippen molar-refractivity contribution in [1.82, 2.24) is 24.5 Å².